The molecule has 0 spiro atoms. The summed E-state index contributed by atoms with van der Waals surface area (Å²) in [7, 11) is 0. The fourth-order valence-electron chi connectivity index (χ4n) is 1.85. The number of nitriles is 1. The molecule has 1 aliphatic heterocycles. The van der Waals surface area contributed by atoms with Crippen molar-refractivity contribution in [3.05, 3.63) is 53.6 Å². The summed E-state index contributed by atoms with van der Waals surface area (Å²) in [5.41, 5.74) is 1.02. The van der Waals surface area contributed by atoms with E-state index in [4.69, 9.17) is 17.5 Å². The second-order valence-electron chi connectivity index (χ2n) is 4.26. The van der Waals surface area contributed by atoms with Crippen molar-refractivity contribution in [2.24, 2.45) is 0 Å². The van der Waals surface area contributed by atoms with Gasteiger partial charge in [-0.1, -0.05) is 18.2 Å². The van der Waals surface area contributed by atoms with Crippen LogP contribution in [0.2, 0.25) is 0 Å². The zero-order chi connectivity index (χ0) is 15.4. The number of carbonyl (C=O) groups excluding carboxylic acids is 2. The van der Waals surface area contributed by atoms with Crippen LogP contribution in [0.25, 0.3) is 6.08 Å². The molecule has 1 aromatic carbocycles. The minimum atomic E-state index is -0.548. The predicted octanol–water partition coefficient (Wildman–Crippen LogP) is 1.37. The molecule has 2 rings (SSSR count). The lowest BCUT2D eigenvalue weighted by Crippen LogP contribution is -2.53. The molecule has 1 fully saturated rings. The molecule has 0 unspecified atom stereocenters. The van der Waals surface area contributed by atoms with Gasteiger partial charge in [0, 0.05) is 6.54 Å². The molecule has 1 N–H and O–H groups in total. The lowest BCUT2D eigenvalue weighted by atomic mass is 10.1. The van der Waals surface area contributed by atoms with Gasteiger partial charge in [0.05, 0.1) is 11.6 Å². The van der Waals surface area contributed by atoms with Crippen molar-refractivity contribution < 1.29 is 9.59 Å². The Labute approximate surface area is 127 Å². The van der Waals surface area contributed by atoms with Gasteiger partial charge in [0.15, 0.2) is 5.11 Å². The van der Waals surface area contributed by atoms with Crippen LogP contribution in [-0.4, -0.2) is 28.4 Å². The van der Waals surface area contributed by atoms with Gasteiger partial charge in [0.2, 0.25) is 0 Å². The van der Waals surface area contributed by atoms with Gasteiger partial charge in [0.25, 0.3) is 11.8 Å². The zero-order valence-corrected chi connectivity index (χ0v) is 11.8. The molecule has 1 aromatic rings. The van der Waals surface area contributed by atoms with Gasteiger partial charge in [-0.05, 0) is 36.0 Å². The van der Waals surface area contributed by atoms with Gasteiger partial charge >= 0.3 is 0 Å². The molecule has 5 nitrogen and oxygen atoms in total. The number of nitrogens with zero attached hydrogens (tertiary/aromatic N) is 2. The fourth-order valence-corrected chi connectivity index (χ4v) is 2.10. The molecule has 0 bridgehead atoms. The Morgan fingerprint density at radius 2 is 2.19 bits per heavy atom. The molecular formula is C15H11N3O2S. The molecule has 2 amide bonds. The summed E-state index contributed by atoms with van der Waals surface area (Å²) in [4.78, 5) is 25.5. The summed E-state index contributed by atoms with van der Waals surface area (Å²) < 4.78 is 0. The number of hydrogen-bond donors (Lipinski definition) is 1. The lowest BCUT2D eigenvalue weighted by molar-refractivity contribution is -0.128. The molecule has 0 aliphatic carbocycles. The van der Waals surface area contributed by atoms with Crippen LogP contribution < -0.4 is 5.32 Å². The summed E-state index contributed by atoms with van der Waals surface area (Å²) in [6.45, 7) is 3.77. The SMILES string of the molecule is C=CCN1C(=O)C(=Cc2cccc(C#N)c2)C(=O)NC1=S. The minimum absolute atomic E-state index is 0.0273. The molecular weight excluding hydrogens is 286 g/mol. The number of carbonyl (C=O) groups is 2. The van der Waals surface area contributed by atoms with Crippen molar-refractivity contribution in [2.75, 3.05) is 6.54 Å². The second kappa shape index (κ2) is 6.11. The minimum Gasteiger partial charge on any atom is -0.298 e. The van der Waals surface area contributed by atoms with Gasteiger partial charge in [-0.15, -0.1) is 6.58 Å². The highest BCUT2D eigenvalue weighted by Crippen LogP contribution is 2.15. The van der Waals surface area contributed by atoms with E-state index in [0.717, 1.165) is 0 Å². The maximum absolute atomic E-state index is 12.3. The predicted molar refractivity (Wildman–Crippen MR) is 81.8 cm³/mol. The summed E-state index contributed by atoms with van der Waals surface area (Å²) in [5.74, 6) is -1.03. The zero-order valence-electron chi connectivity index (χ0n) is 11.0. The summed E-state index contributed by atoms with van der Waals surface area (Å²) in [5, 5.41) is 11.4. The maximum Gasteiger partial charge on any atom is 0.265 e. The average Bonchev–Trinajstić information content (AvgIpc) is 2.48. The van der Waals surface area contributed by atoms with Crippen molar-refractivity contribution in [1.82, 2.24) is 10.2 Å². The molecule has 0 atom stereocenters. The summed E-state index contributed by atoms with van der Waals surface area (Å²) in [6, 6.07) is 8.63. The third-order valence-corrected chi connectivity index (χ3v) is 3.15. The Bertz CT molecular complexity index is 716. The first kappa shape index (κ1) is 14.6. The Morgan fingerprint density at radius 3 is 2.86 bits per heavy atom. The van der Waals surface area contributed by atoms with Crippen molar-refractivity contribution in [2.45, 2.75) is 0 Å². The van der Waals surface area contributed by atoms with E-state index in [-0.39, 0.29) is 17.2 Å². The number of amides is 2. The molecule has 6 heteroatoms. The van der Waals surface area contributed by atoms with Crippen LogP contribution in [0.5, 0.6) is 0 Å². The topological polar surface area (TPSA) is 73.2 Å². The lowest BCUT2D eigenvalue weighted by Gasteiger charge is -2.27. The third kappa shape index (κ3) is 3.04. The monoisotopic (exact) mass is 297 g/mol. The molecule has 0 saturated carbocycles. The van der Waals surface area contributed by atoms with Crippen LogP contribution in [0.4, 0.5) is 0 Å². The second-order valence-corrected chi connectivity index (χ2v) is 4.65. The molecule has 0 radical (unpaired) electrons. The molecule has 1 heterocycles. The Morgan fingerprint density at radius 1 is 1.43 bits per heavy atom. The summed E-state index contributed by atoms with van der Waals surface area (Å²) in [6.07, 6.45) is 2.96. The van der Waals surface area contributed by atoms with Crippen LogP contribution in [0.1, 0.15) is 11.1 Å². The first-order valence-corrected chi connectivity index (χ1v) is 6.47. The number of nitrogens with one attached hydrogen (secondary N) is 1. The first-order chi connectivity index (χ1) is 10.1. The fraction of sp³-hybridized carbons (Fsp3) is 0.0667. The molecule has 0 aromatic heterocycles. The Hall–Kier alpha value is -2.78. The number of benzene rings is 1. The van der Waals surface area contributed by atoms with E-state index in [0.29, 0.717) is 11.1 Å². The largest absolute Gasteiger partial charge is 0.298 e. The van der Waals surface area contributed by atoms with Crippen LogP contribution in [-0.2, 0) is 9.59 Å². The Balaban J connectivity index is 2.40. The van der Waals surface area contributed by atoms with E-state index in [1.165, 1.54) is 17.1 Å². The average molecular weight is 297 g/mol. The highest BCUT2D eigenvalue weighted by molar-refractivity contribution is 7.80. The quantitative estimate of drug-likeness (QED) is 0.396. The summed E-state index contributed by atoms with van der Waals surface area (Å²) >= 11 is 4.96. The maximum atomic E-state index is 12.3. The molecule has 104 valence electrons. The van der Waals surface area contributed by atoms with E-state index in [9.17, 15) is 9.59 Å². The van der Waals surface area contributed by atoms with Crippen LogP contribution in [0, 0.1) is 11.3 Å². The highest BCUT2D eigenvalue weighted by atomic mass is 32.1. The van der Waals surface area contributed by atoms with Gasteiger partial charge in [-0.2, -0.15) is 5.26 Å². The third-order valence-electron chi connectivity index (χ3n) is 2.82. The smallest absolute Gasteiger partial charge is 0.265 e. The van der Waals surface area contributed by atoms with Gasteiger partial charge in [0.1, 0.15) is 5.57 Å². The first-order valence-electron chi connectivity index (χ1n) is 6.06. The molecule has 1 saturated heterocycles. The Kier molecular flexibility index (Phi) is 4.26. The molecule has 1 aliphatic rings. The van der Waals surface area contributed by atoms with Gasteiger partial charge in [-0.25, -0.2) is 0 Å². The van der Waals surface area contributed by atoms with Gasteiger partial charge in [-0.3, -0.25) is 19.8 Å². The molecule has 21 heavy (non-hydrogen) atoms. The number of rotatable bonds is 3. The van der Waals surface area contributed by atoms with Crippen LogP contribution in [0.3, 0.4) is 0 Å². The van der Waals surface area contributed by atoms with Crippen LogP contribution >= 0.6 is 12.2 Å². The van der Waals surface area contributed by atoms with E-state index in [2.05, 4.69) is 11.9 Å². The normalized spacial score (nSPS) is 16.6. The standard InChI is InChI=1S/C15H11N3O2S/c1-2-6-18-14(20)12(13(19)17-15(18)21)8-10-4-3-5-11(7-10)9-16/h2-5,7-8H,1,6H2,(H,17,19,21). The van der Waals surface area contributed by atoms with Crippen LogP contribution in [0.15, 0.2) is 42.5 Å². The number of hydrogen-bond acceptors (Lipinski definition) is 4. The van der Waals surface area contributed by atoms with E-state index >= 15 is 0 Å². The van der Waals surface area contributed by atoms with E-state index < -0.39 is 11.8 Å². The van der Waals surface area contributed by atoms with Crippen molar-refractivity contribution in [3.8, 4) is 6.07 Å². The number of thiocarbonyl (C=S) groups is 1. The van der Waals surface area contributed by atoms with Crippen molar-refractivity contribution in [3.63, 3.8) is 0 Å². The van der Waals surface area contributed by atoms with E-state index in [1.807, 2.05) is 6.07 Å². The van der Waals surface area contributed by atoms with Gasteiger partial charge < -0.3 is 0 Å². The van der Waals surface area contributed by atoms with E-state index in [1.54, 1.807) is 24.3 Å². The highest BCUT2D eigenvalue weighted by Gasteiger charge is 2.32. The van der Waals surface area contributed by atoms with Crippen molar-refractivity contribution in [1.29, 1.82) is 5.26 Å². The van der Waals surface area contributed by atoms with Crippen molar-refractivity contribution >= 4 is 35.2 Å².